The van der Waals surface area contributed by atoms with Crippen molar-refractivity contribution in [3.8, 4) is 11.3 Å². The Kier molecular flexibility index (Phi) is 6.39. The van der Waals surface area contributed by atoms with E-state index < -0.39 is 23.0 Å². The molecule has 0 aliphatic heterocycles. The minimum Gasteiger partial charge on any atom is -0.441 e. The van der Waals surface area contributed by atoms with Gasteiger partial charge in [0.1, 0.15) is 11.6 Å². The summed E-state index contributed by atoms with van der Waals surface area (Å²) in [5.74, 6) is -0.501. The third-order valence-corrected chi connectivity index (χ3v) is 5.35. The van der Waals surface area contributed by atoms with Gasteiger partial charge in [-0.2, -0.15) is 0 Å². The lowest BCUT2D eigenvalue weighted by Crippen LogP contribution is -2.39. The first-order chi connectivity index (χ1) is 16.3. The highest BCUT2D eigenvalue weighted by atomic mass is 19.1. The molecular formula is C24H22FN5O4. The van der Waals surface area contributed by atoms with Gasteiger partial charge in [0.05, 0.1) is 18.3 Å². The van der Waals surface area contributed by atoms with Crippen LogP contribution in [0.3, 0.4) is 0 Å². The van der Waals surface area contributed by atoms with Crippen LogP contribution >= 0.6 is 0 Å². The van der Waals surface area contributed by atoms with Crippen molar-refractivity contribution in [1.29, 1.82) is 0 Å². The van der Waals surface area contributed by atoms with E-state index in [0.717, 1.165) is 10.5 Å². The number of H-pyrrole nitrogens is 1. The van der Waals surface area contributed by atoms with Gasteiger partial charge in [-0.15, -0.1) is 0 Å². The van der Waals surface area contributed by atoms with Crippen molar-refractivity contribution in [3.63, 3.8) is 0 Å². The Morgan fingerprint density at radius 2 is 1.85 bits per heavy atom. The number of nitrogens with zero attached hydrogens (tertiary/aromatic N) is 3. The molecule has 2 heterocycles. The third-order valence-electron chi connectivity index (χ3n) is 5.35. The number of aromatic nitrogens is 3. The SMILES string of the molecule is CN(C(=O)CCc1ncc(-c2ccccc2F)o1)c1c(N)n(Cc2ccccc2)c(=O)[nH]c1=O. The Morgan fingerprint density at radius 3 is 2.59 bits per heavy atom. The number of carbonyl (C=O) groups excluding carboxylic acids is 1. The van der Waals surface area contributed by atoms with E-state index in [-0.39, 0.29) is 48.1 Å². The molecule has 0 fully saturated rings. The van der Waals surface area contributed by atoms with E-state index in [2.05, 4.69) is 9.97 Å². The first-order valence-electron chi connectivity index (χ1n) is 10.5. The normalized spacial score (nSPS) is 10.9. The summed E-state index contributed by atoms with van der Waals surface area (Å²) in [6.45, 7) is 0.131. The molecule has 10 heteroatoms. The fourth-order valence-electron chi connectivity index (χ4n) is 3.54. The summed E-state index contributed by atoms with van der Waals surface area (Å²) < 4.78 is 20.7. The molecule has 0 saturated heterocycles. The van der Waals surface area contributed by atoms with Gasteiger partial charge in [-0.1, -0.05) is 42.5 Å². The lowest BCUT2D eigenvalue weighted by atomic mass is 10.2. The van der Waals surface area contributed by atoms with Crippen LogP contribution in [-0.2, 0) is 17.8 Å². The molecule has 174 valence electrons. The molecule has 0 aliphatic carbocycles. The second-order valence-corrected chi connectivity index (χ2v) is 7.62. The van der Waals surface area contributed by atoms with E-state index in [0.29, 0.717) is 0 Å². The number of aryl methyl sites for hydroxylation is 1. The zero-order valence-corrected chi connectivity index (χ0v) is 18.3. The van der Waals surface area contributed by atoms with Crippen molar-refractivity contribution in [3.05, 3.63) is 98.9 Å². The van der Waals surface area contributed by atoms with Crippen molar-refractivity contribution >= 4 is 17.4 Å². The van der Waals surface area contributed by atoms with Crippen molar-refractivity contribution in [2.24, 2.45) is 0 Å². The molecule has 3 N–H and O–H groups in total. The van der Waals surface area contributed by atoms with Crippen LogP contribution in [0.5, 0.6) is 0 Å². The molecule has 9 nitrogen and oxygen atoms in total. The maximum Gasteiger partial charge on any atom is 0.330 e. The number of aromatic amines is 1. The molecule has 2 aromatic carbocycles. The molecule has 34 heavy (non-hydrogen) atoms. The number of carbonyl (C=O) groups is 1. The number of amides is 1. The first kappa shape index (κ1) is 22.7. The van der Waals surface area contributed by atoms with E-state index >= 15 is 0 Å². The molecule has 0 atom stereocenters. The third kappa shape index (κ3) is 4.65. The number of nitrogens with one attached hydrogen (secondary N) is 1. The van der Waals surface area contributed by atoms with E-state index in [1.165, 1.54) is 23.9 Å². The van der Waals surface area contributed by atoms with E-state index in [9.17, 15) is 18.8 Å². The maximum atomic E-state index is 13.9. The summed E-state index contributed by atoms with van der Waals surface area (Å²) in [7, 11) is 1.40. The number of nitrogens with two attached hydrogens (primary N) is 1. The fraction of sp³-hybridized carbons (Fsp3) is 0.167. The van der Waals surface area contributed by atoms with Gasteiger partial charge in [-0.05, 0) is 17.7 Å². The van der Waals surface area contributed by atoms with Gasteiger partial charge in [0, 0.05) is 19.9 Å². The van der Waals surface area contributed by atoms with Gasteiger partial charge in [-0.3, -0.25) is 19.1 Å². The molecule has 1 amide bonds. The molecule has 0 radical (unpaired) electrons. The summed E-state index contributed by atoms with van der Waals surface area (Å²) >= 11 is 0. The summed E-state index contributed by atoms with van der Waals surface area (Å²) in [6, 6.07) is 15.2. The molecule has 2 aromatic heterocycles. The summed E-state index contributed by atoms with van der Waals surface area (Å²) in [4.78, 5) is 45.0. The lowest BCUT2D eigenvalue weighted by molar-refractivity contribution is -0.118. The highest BCUT2D eigenvalue weighted by Gasteiger charge is 2.22. The zero-order chi connectivity index (χ0) is 24.2. The summed E-state index contributed by atoms with van der Waals surface area (Å²) in [6.07, 6.45) is 1.47. The van der Waals surface area contributed by atoms with Crippen molar-refractivity contribution < 1.29 is 13.6 Å². The van der Waals surface area contributed by atoms with Crippen LogP contribution in [-0.4, -0.2) is 27.5 Å². The average Bonchev–Trinajstić information content (AvgIpc) is 3.29. The Labute approximate surface area is 193 Å². The molecule has 4 aromatic rings. The number of hydrogen-bond acceptors (Lipinski definition) is 6. The van der Waals surface area contributed by atoms with Gasteiger partial charge < -0.3 is 15.1 Å². The van der Waals surface area contributed by atoms with E-state index in [1.807, 2.05) is 30.3 Å². The van der Waals surface area contributed by atoms with Crippen molar-refractivity contribution in [2.45, 2.75) is 19.4 Å². The van der Waals surface area contributed by atoms with Crippen LogP contribution in [0.2, 0.25) is 0 Å². The van der Waals surface area contributed by atoms with Crippen LogP contribution in [0.15, 0.2) is 74.8 Å². The van der Waals surface area contributed by atoms with Crippen molar-refractivity contribution in [2.75, 3.05) is 17.7 Å². The smallest absolute Gasteiger partial charge is 0.330 e. The monoisotopic (exact) mass is 463 g/mol. The molecular weight excluding hydrogens is 441 g/mol. The minimum absolute atomic E-state index is 0.0512. The second kappa shape index (κ2) is 9.57. The number of nitrogen functional groups attached to an aromatic ring is 1. The Bertz CT molecular complexity index is 1440. The predicted octanol–water partition coefficient (Wildman–Crippen LogP) is 2.56. The zero-order valence-electron chi connectivity index (χ0n) is 18.3. The number of rotatable bonds is 7. The molecule has 0 bridgehead atoms. The van der Waals surface area contributed by atoms with Gasteiger partial charge in [0.2, 0.25) is 5.91 Å². The maximum absolute atomic E-state index is 13.9. The van der Waals surface area contributed by atoms with Crippen LogP contribution in [0.25, 0.3) is 11.3 Å². The van der Waals surface area contributed by atoms with Crippen LogP contribution in [0.1, 0.15) is 17.9 Å². The number of anilines is 2. The highest BCUT2D eigenvalue weighted by Crippen LogP contribution is 2.24. The topological polar surface area (TPSA) is 127 Å². The number of benzene rings is 2. The van der Waals surface area contributed by atoms with Gasteiger partial charge in [0.25, 0.3) is 5.56 Å². The van der Waals surface area contributed by atoms with Crippen LogP contribution in [0, 0.1) is 5.82 Å². The molecule has 0 unspecified atom stereocenters. The molecule has 0 aliphatic rings. The van der Waals surface area contributed by atoms with Gasteiger partial charge in [0.15, 0.2) is 17.3 Å². The minimum atomic E-state index is -0.763. The number of halogens is 1. The first-order valence-corrected chi connectivity index (χ1v) is 10.5. The average molecular weight is 463 g/mol. The Balaban J connectivity index is 1.51. The molecule has 0 saturated carbocycles. The molecule has 4 rings (SSSR count). The van der Waals surface area contributed by atoms with Crippen LogP contribution < -0.4 is 21.9 Å². The van der Waals surface area contributed by atoms with Gasteiger partial charge >= 0.3 is 5.69 Å². The highest BCUT2D eigenvalue weighted by molar-refractivity contribution is 5.95. The van der Waals surface area contributed by atoms with E-state index in [1.54, 1.807) is 18.2 Å². The summed E-state index contributed by atoms with van der Waals surface area (Å²) in [5.41, 5.74) is 5.66. The van der Waals surface area contributed by atoms with E-state index in [4.69, 9.17) is 10.2 Å². The Hall–Kier alpha value is -4.47. The van der Waals surface area contributed by atoms with Crippen LogP contribution in [0.4, 0.5) is 15.9 Å². The molecule has 0 spiro atoms. The number of hydrogen-bond donors (Lipinski definition) is 2. The quantitative estimate of drug-likeness (QED) is 0.434. The standard InChI is InChI=1S/C24H22FN5O4/c1-29(20(31)12-11-19-27-13-18(34-19)16-9-5-6-10-17(16)25)21-22(26)30(24(33)28-23(21)32)14-15-7-3-2-4-8-15/h2-10,13H,11-12,14,26H2,1H3,(H,28,32,33). The Morgan fingerprint density at radius 1 is 1.15 bits per heavy atom. The fourth-order valence-corrected chi connectivity index (χ4v) is 3.54. The lowest BCUT2D eigenvalue weighted by Gasteiger charge is -2.20. The largest absolute Gasteiger partial charge is 0.441 e. The predicted molar refractivity (Wildman–Crippen MR) is 125 cm³/mol. The summed E-state index contributed by atoms with van der Waals surface area (Å²) in [5, 5.41) is 0. The van der Waals surface area contributed by atoms with Crippen molar-refractivity contribution in [1.82, 2.24) is 14.5 Å². The number of oxazole rings is 1. The van der Waals surface area contributed by atoms with Gasteiger partial charge in [-0.25, -0.2) is 14.2 Å². The second-order valence-electron chi connectivity index (χ2n) is 7.62.